The molecule has 34 heavy (non-hydrogen) atoms. The minimum Gasteiger partial charge on any atom is -0.465 e. The van der Waals surface area contributed by atoms with Crippen LogP contribution in [-0.2, 0) is 38.0 Å². The summed E-state index contributed by atoms with van der Waals surface area (Å²) in [6, 6.07) is 11.5. The van der Waals surface area contributed by atoms with Crippen LogP contribution in [0.5, 0.6) is 0 Å². The summed E-state index contributed by atoms with van der Waals surface area (Å²) in [6.45, 7) is 2.69. The van der Waals surface area contributed by atoms with Gasteiger partial charge in [0.1, 0.15) is 0 Å². The Labute approximate surface area is 202 Å². The van der Waals surface area contributed by atoms with E-state index in [1.807, 2.05) is 6.92 Å². The molecule has 0 bridgehead atoms. The average Bonchev–Trinajstić information content (AvgIpc) is 3.15. The number of carbonyl (C=O) groups excluding carboxylic acids is 1. The van der Waals surface area contributed by atoms with Crippen LogP contribution in [-0.4, -0.2) is 22.2 Å². The third kappa shape index (κ3) is 5.72. The maximum absolute atomic E-state index is 13.1. The molecule has 0 fully saturated rings. The van der Waals surface area contributed by atoms with Crippen molar-refractivity contribution in [1.82, 2.24) is 9.13 Å². The molecule has 182 valence electrons. The van der Waals surface area contributed by atoms with Crippen molar-refractivity contribution in [3.05, 3.63) is 80.3 Å². The molecule has 1 aromatic heterocycles. The molecule has 0 N–H and O–H groups in total. The van der Waals surface area contributed by atoms with Gasteiger partial charge in [-0.25, -0.2) is 9.59 Å². The van der Waals surface area contributed by atoms with E-state index >= 15 is 0 Å². The summed E-state index contributed by atoms with van der Waals surface area (Å²) in [5.74, 6) is -0.460. The van der Waals surface area contributed by atoms with Crippen molar-refractivity contribution in [3.63, 3.8) is 0 Å². The predicted octanol–water partition coefficient (Wildman–Crippen LogP) is 5.82. The molecule has 0 saturated heterocycles. The fourth-order valence-corrected chi connectivity index (χ4v) is 5.07. The van der Waals surface area contributed by atoms with Gasteiger partial charge >= 0.3 is 19.3 Å². The van der Waals surface area contributed by atoms with Gasteiger partial charge in [-0.15, -0.1) is 9.46 Å². The van der Waals surface area contributed by atoms with E-state index in [1.165, 1.54) is 13.2 Å². The summed E-state index contributed by atoms with van der Waals surface area (Å²) in [4.78, 5) is 24.8. The highest BCUT2D eigenvalue weighted by atomic mass is 79.9. The zero-order chi connectivity index (χ0) is 24.9. The first kappa shape index (κ1) is 26.0. The Kier molecular flexibility index (Phi) is 8.59. The number of rotatable bonds is 10. The number of esters is 1. The summed E-state index contributed by atoms with van der Waals surface area (Å²) in [7, 11) is -3.24. The van der Waals surface area contributed by atoms with Gasteiger partial charge in [-0.1, -0.05) is 47.1 Å². The molecule has 3 rings (SSSR count). The van der Waals surface area contributed by atoms with E-state index < -0.39 is 19.7 Å². The fourth-order valence-electron chi connectivity index (χ4n) is 3.48. The Balaban J connectivity index is 1.97. The molecule has 0 atom stereocenters. The second-order valence-corrected chi connectivity index (χ2v) is 10.1. The summed E-state index contributed by atoms with van der Waals surface area (Å²) in [5, 5.41) is 0. The second-order valence-electron chi connectivity index (χ2n) is 7.48. The van der Waals surface area contributed by atoms with Crippen molar-refractivity contribution in [1.29, 1.82) is 0 Å². The lowest BCUT2D eigenvalue weighted by Gasteiger charge is -2.12. The molecule has 1 heterocycles. The molecule has 0 aliphatic rings. The molecule has 0 aliphatic carbocycles. The zero-order valence-electron chi connectivity index (χ0n) is 18.4. The summed E-state index contributed by atoms with van der Waals surface area (Å²) >= 11 is 3.30. The average molecular weight is 559 g/mol. The maximum Gasteiger partial charge on any atom is 0.399 e. The summed E-state index contributed by atoms with van der Waals surface area (Å²) in [6.07, 6.45) is 1.90. The fraction of sp³-hybridized carbons (Fsp3) is 0.273. The molecule has 12 heteroatoms. The Bertz CT molecular complexity index is 1270. The van der Waals surface area contributed by atoms with E-state index in [9.17, 15) is 23.2 Å². The Morgan fingerprint density at radius 1 is 1.12 bits per heavy atom. The minimum atomic E-state index is -4.54. The number of hydrogen-bond acceptors (Lipinski definition) is 6. The molecular weight excluding hydrogens is 537 g/mol. The molecule has 2 aromatic carbocycles. The molecule has 0 unspecified atom stereocenters. The third-order valence-electron chi connectivity index (χ3n) is 5.14. The van der Waals surface area contributed by atoms with Gasteiger partial charge < -0.3 is 4.74 Å². The van der Waals surface area contributed by atoms with Crippen LogP contribution in [0.4, 0.5) is 9.05 Å². The van der Waals surface area contributed by atoms with Gasteiger partial charge in [0.25, 0.3) is 0 Å². The highest BCUT2D eigenvalue weighted by molar-refractivity contribution is 9.10. The predicted molar refractivity (Wildman–Crippen MR) is 125 cm³/mol. The van der Waals surface area contributed by atoms with Gasteiger partial charge in [-0.3, -0.25) is 13.7 Å². The van der Waals surface area contributed by atoms with Crippen molar-refractivity contribution < 1.29 is 32.6 Å². The quantitative estimate of drug-likeness (QED) is 0.230. The lowest BCUT2D eigenvalue weighted by Crippen LogP contribution is -2.25. The van der Waals surface area contributed by atoms with Crippen LogP contribution in [0.2, 0.25) is 0 Å². The van der Waals surface area contributed by atoms with Gasteiger partial charge in [-0.2, -0.15) is 0 Å². The van der Waals surface area contributed by atoms with Gasteiger partial charge in [0.15, 0.2) is 0 Å². The number of ether oxygens (including phenoxy) is 1. The van der Waals surface area contributed by atoms with Crippen molar-refractivity contribution >= 4 is 29.5 Å². The first-order chi connectivity index (χ1) is 16.2. The molecule has 0 aliphatic heterocycles. The van der Waals surface area contributed by atoms with E-state index in [1.54, 1.807) is 51.7 Å². The molecule has 0 amide bonds. The number of methoxy groups -OCH3 is 1. The van der Waals surface area contributed by atoms with Gasteiger partial charge in [0, 0.05) is 17.2 Å². The van der Waals surface area contributed by atoms with E-state index in [0.29, 0.717) is 33.4 Å². The first-order valence-electron chi connectivity index (χ1n) is 10.2. The zero-order valence-corrected chi connectivity index (χ0v) is 20.9. The van der Waals surface area contributed by atoms with Crippen LogP contribution in [0, 0.1) is 0 Å². The topological polar surface area (TPSA) is 88.8 Å². The lowest BCUT2D eigenvalue weighted by molar-refractivity contribution is -0.0881. The Morgan fingerprint density at radius 3 is 2.35 bits per heavy atom. The normalized spacial score (nSPS) is 11.6. The van der Waals surface area contributed by atoms with Crippen LogP contribution in [0.15, 0.2) is 57.9 Å². The minimum absolute atomic E-state index is 0.194. The van der Waals surface area contributed by atoms with Crippen LogP contribution < -0.4 is 5.69 Å². The van der Waals surface area contributed by atoms with Crippen LogP contribution in [0.1, 0.15) is 34.8 Å². The molecule has 0 saturated carbocycles. The van der Waals surface area contributed by atoms with E-state index in [-0.39, 0.29) is 12.2 Å². The Morgan fingerprint density at radius 2 is 1.79 bits per heavy atom. The third-order valence-corrected chi connectivity index (χ3v) is 7.03. The van der Waals surface area contributed by atoms with Crippen LogP contribution in [0.3, 0.4) is 0 Å². The number of benzene rings is 2. The lowest BCUT2D eigenvalue weighted by atomic mass is 10.1. The van der Waals surface area contributed by atoms with Crippen molar-refractivity contribution in [2.45, 2.75) is 32.6 Å². The number of imidazole rings is 1. The molecule has 0 spiro atoms. The highest BCUT2D eigenvalue weighted by Crippen LogP contribution is 2.53. The molecule has 8 nitrogen and oxygen atoms in total. The van der Waals surface area contributed by atoms with Crippen molar-refractivity contribution in [2.75, 3.05) is 7.11 Å². The number of aryl methyl sites for hydroxylation is 1. The maximum atomic E-state index is 13.1. The smallest absolute Gasteiger partial charge is 0.399 e. The van der Waals surface area contributed by atoms with Crippen molar-refractivity contribution in [2.24, 2.45) is 0 Å². The first-order valence-corrected chi connectivity index (χ1v) is 12.7. The number of carbonyl (C=O) groups is 1. The van der Waals surface area contributed by atoms with Gasteiger partial charge in [0.2, 0.25) is 0 Å². The van der Waals surface area contributed by atoms with Gasteiger partial charge in [-0.05, 0) is 50.4 Å². The summed E-state index contributed by atoms with van der Waals surface area (Å²) < 4.78 is 51.3. The van der Waals surface area contributed by atoms with E-state index in [0.717, 1.165) is 12.0 Å². The Hall–Kier alpha value is -2.59. The van der Waals surface area contributed by atoms with Crippen LogP contribution in [0.25, 0.3) is 11.3 Å². The SMILES string of the molecule is CCCn1cc(-c2ccc(C(=O)OC)cc2)n(Cc2ccc(CP(=O)(OF)OF)c(Br)c2)c1=O. The monoisotopic (exact) mass is 558 g/mol. The second kappa shape index (κ2) is 11.2. The number of hydrogen-bond donors (Lipinski definition) is 0. The number of nitrogens with zero attached hydrogens (tertiary/aromatic N) is 2. The number of halogens is 3. The molecule has 3 aromatic rings. The standard InChI is InChI=1S/C22H22BrF2N2O6P/c1-3-10-26-13-20(16-6-8-17(9-7-16)21(28)31-2)27(22(26)29)12-15-4-5-18(19(23)11-15)14-34(30,32-24)33-25/h4-9,11,13H,3,10,12,14H2,1-2H3. The molecular formula is C22H22BrF2N2O6P. The van der Waals surface area contributed by atoms with Crippen molar-refractivity contribution in [3.8, 4) is 11.3 Å². The van der Waals surface area contributed by atoms with E-state index in [2.05, 4.69) is 25.4 Å². The largest absolute Gasteiger partial charge is 0.465 e. The highest BCUT2D eigenvalue weighted by Gasteiger charge is 2.29. The number of aromatic nitrogens is 2. The van der Waals surface area contributed by atoms with E-state index in [4.69, 9.17) is 4.74 Å². The molecule has 0 radical (unpaired) electrons. The van der Waals surface area contributed by atoms with Gasteiger partial charge in [0.05, 0.1) is 31.1 Å². The summed E-state index contributed by atoms with van der Waals surface area (Å²) in [5.41, 5.74) is 2.57. The van der Waals surface area contributed by atoms with Crippen LogP contribution >= 0.6 is 23.5 Å².